The number of fused-ring (bicyclic) bond motifs is 6. The molecule has 0 aliphatic carbocycles. The molecule has 0 aliphatic rings. The first-order valence-corrected chi connectivity index (χ1v) is 15.1. The Balaban J connectivity index is 1.35. The number of nitrogens with zero attached hydrogens (tertiary/aromatic N) is 5. The predicted octanol–water partition coefficient (Wildman–Crippen LogP) is 7.38. The van der Waals surface area contributed by atoms with Gasteiger partial charge in [0.1, 0.15) is 11.0 Å². The molecule has 0 unspecified atom stereocenters. The smallest absolute Gasteiger partial charge is 0.206 e. The summed E-state index contributed by atoms with van der Waals surface area (Å²) in [6, 6.07) is 41.1. The molecule has 0 bridgehead atoms. The van der Waals surface area contributed by atoms with Crippen molar-refractivity contribution in [3.8, 4) is 17.4 Å². The molecule has 8 heteroatoms. The van der Waals surface area contributed by atoms with E-state index in [2.05, 4.69) is 28.8 Å². The minimum Gasteiger partial charge on any atom is -0.293 e. The Hall–Kier alpha value is -5.78. The number of hydrogen-bond acceptors (Lipinski definition) is 5. The molecule has 0 spiro atoms. The summed E-state index contributed by atoms with van der Waals surface area (Å²) in [6.07, 6.45) is 0. The van der Waals surface area contributed by atoms with Gasteiger partial charge in [0.25, 0.3) is 0 Å². The van der Waals surface area contributed by atoms with E-state index in [0.717, 1.165) is 49.9 Å². The molecular weight excluding hydrogens is 554 g/mol. The average molecular weight is 576 g/mol. The number of para-hydroxylation sites is 3. The van der Waals surface area contributed by atoms with Crippen molar-refractivity contribution in [2.45, 2.75) is 9.79 Å². The van der Waals surface area contributed by atoms with Crippen molar-refractivity contribution in [3.05, 3.63) is 133 Å². The maximum atomic E-state index is 13.3. The molecule has 8 aromatic rings. The fraction of sp³-hybridized carbons (Fsp3) is 0. The van der Waals surface area contributed by atoms with E-state index in [1.54, 1.807) is 24.3 Å². The minimum atomic E-state index is -3.76. The van der Waals surface area contributed by atoms with E-state index in [4.69, 9.17) is 15.2 Å². The predicted molar refractivity (Wildman–Crippen MR) is 167 cm³/mol. The molecule has 8 rings (SSSR count). The Bertz CT molecular complexity index is 2510. The lowest BCUT2D eigenvalue weighted by Gasteiger charge is -2.09. The summed E-state index contributed by atoms with van der Waals surface area (Å²) in [6.45, 7) is 0. The summed E-state index contributed by atoms with van der Waals surface area (Å²) in [5, 5.41) is 11.0. The molecule has 3 heterocycles. The van der Waals surface area contributed by atoms with Crippen molar-refractivity contribution in [2.24, 2.45) is 0 Å². The molecule has 0 saturated carbocycles. The molecule has 204 valence electrons. The van der Waals surface area contributed by atoms with Gasteiger partial charge in [-0.15, -0.1) is 0 Å². The number of sulfone groups is 1. The number of rotatable bonds is 4. The summed E-state index contributed by atoms with van der Waals surface area (Å²) < 4.78 is 30.8. The monoisotopic (exact) mass is 575 g/mol. The zero-order valence-corrected chi connectivity index (χ0v) is 23.4. The Kier molecular flexibility index (Phi) is 5.45. The normalized spacial score (nSPS) is 11.9. The zero-order valence-electron chi connectivity index (χ0n) is 22.6. The molecule has 0 atom stereocenters. The van der Waals surface area contributed by atoms with Crippen molar-refractivity contribution in [3.63, 3.8) is 0 Å². The maximum absolute atomic E-state index is 13.3. The number of benzene rings is 5. The Morgan fingerprint density at radius 3 is 1.49 bits per heavy atom. The highest BCUT2D eigenvalue weighted by Crippen LogP contribution is 2.36. The lowest BCUT2D eigenvalue weighted by Crippen LogP contribution is -2.03. The van der Waals surface area contributed by atoms with Gasteiger partial charge in [-0.1, -0.05) is 54.6 Å². The van der Waals surface area contributed by atoms with Gasteiger partial charge in [0.05, 0.1) is 32.5 Å². The van der Waals surface area contributed by atoms with Crippen LogP contribution < -0.4 is 0 Å². The third-order valence-corrected chi connectivity index (χ3v) is 9.58. The average Bonchev–Trinajstić information content (AvgIpc) is 3.56. The highest BCUT2D eigenvalue weighted by molar-refractivity contribution is 7.91. The Labute approximate surface area is 246 Å². The SMILES string of the molecule is N#Cc1ccc(S(=O)(=O)c2ccc(-n3c4ccccc4c4nc5c(nc43)c3ccccc3n5-c3ccccc3)cc2)cc1. The molecule has 0 saturated heterocycles. The Morgan fingerprint density at radius 1 is 0.535 bits per heavy atom. The molecular formula is C35H21N5O2S. The second-order valence-corrected chi connectivity index (χ2v) is 12.2. The van der Waals surface area contributed by atoms with Crippen molar-refractivity contribution in [1.29, 1.82) is 5.26 Å². The van der Waals surface area contributed by atoms with Crippen LogP contribution in [-0.4, -0.2) is 27.5 Å². The minimum absolute atomic E-state index is 0.138. The summed E-state index contributed by atoms with van der Waals surface area (Å²) in [5.74, 6) is 0. The van der Waals surface area contributed by atoms with Crippen LogP contribution in [0.2, 0.25) is 0 Å². The van der Waals surface area contributed by atoms with Crippen LogP contribution in [0.15, 0.2) is 137 Å². The molecule has 0 amide bonds. The van der Waals surface area contributed by atoms with Gasteiger partial charge in [0.2, 0.25) is 9.84 Å². The van der Waals surface area contributed by atoms with Gasteiger partial charge in [0, 0.05) is 22.1 Å². The van der Waals surface area contributed by atoms with Gasteiger partial charge in [-0.2, -0.15) is 5.26 Å². The van der Waals surface area contributed by atoms with Crippen LogP contribution in [0.4, 0.5) is 0 Å². The van der Waals surface area contributed by atoms with E-state index in [9.17, 15) is 8.42 Å². The lowest BCUT2D eigenvalue weighted by molar-refractivity contribution is 0.596. The molecule has 43 heavy (non-hydrogen) atoms. The second-order valence-electron chi connectivity index (χ2n) is 10.2. The molecule has 7 nitrogen and oxygen atoms in total. The van der Waals surface area contributed by atoms with Crippen LogP contribution in [0.3, 0.4) is 0 Å². The van der Waals surface area contributed by atoms with Crippen molar-refractivity contribution in [2.75, 3.05) is 0 Å². The van der Waals surface area contributed by atoms with Gasteiger partial charge >= 0.3 is 0 Å². The van der Waals surface area contributed by atoms with Crippen LogP contribution in [-0.2, 0) is 9.84 Å². The van der Waals surface area contributed by atoms with Crippen LogP contribution in [0.25, 0.3) is 55.5 Å². The lowest BCUT2D eigenvalue weighted by atomic mass is 10.2. The van der Waals surface area contributed by atoms with Crippen molar-refractivity contribution >= 4 is 54.0 Å². The highest BCUT2D eigenvalue weighted by atomic mass is 32.2. The number of aromatic nitrogens is 4. The molecule has 5 aromatic carbocycles. The summed E-state index contributed by atoms with van der Waals surface area (Å²) in [4.78, 5) is 10.8. The first-order valence-electron chi connectivity index (χ1n) is 13.7. The van der Waals surface area contributed by atoms with Crippen molar-refractivity contribution in [1.82, 2.24) is 19.1 Å². The topological polar surface area (TPSA) is 93.6 Å². The first kappa shape index (κ1) is 25.0. The third-order valence-electron chi connectivity index (χ3n) is 7.80. The molecule has 0 fully saturated rings. The first-order chi connectivity index (χ1) is 21.0. The van der Waals surface area contributed by atoms with E-state index in [-0.39, 0.29) is 9.79 Å². The fourth-order valence-corrected chi connectivity index (χ4v) is 7.04. The van der Waals surface area contributed by atoms with Gasteiger partial charge < -0.3 is 0 Å². The van der Waals surface area contributed by atoms with Gasteiger partial charge in [-0.3, -0.25) is 9.13 Å². The van der Waals surface area contributed by atoms with Crippen LogP contribution in [0, 0.1) is 11.3 Å². The fourth-order valence-electron chi connectivity index (χ4n) is 5.78. The number of nitriles is 1. The largest absolute Gasteiger partial charge is 0.293 e. The summed E-state index contributed by atoms with van der Waals surface area (Å²) in [7, 11) is -3.76. The summed E-state index contributed by atoms with van der Waals surface area (Å²) in [5.41, 5.74) is 7.12. The second kappa shape index (κ2) is 9.38. The molecule has 0 N–H and O–H groups in total. The standard InChI is InChI=1S/C35H21N5O2S/c36-22-23-14-18-26(19-15-23)43(41,42)27-20-16-25(17-21-27)40-31-13-7-5-11-29(31)33-35(40)38-32-28-10-4-6-12-30(28)39(34(32)37-33)24-8-2-1-3-9-24/h1-21H. The summed E-state index contributed by atoms with van der Waals surface area (Å²) >= 11 is 0. The number of hydrogen-bond donors (Lipinski definition) is 0. The van der Waals surface area contributed by atoms with Gasteiger partial charge in [0.15, 0.2) is 11.3 Å². The van der Waals surface area contributed by atoms with Crippen LogP contribution in [0.5, 0.6) is 0 Å². The maximum Gasteiger partial charge on any atom is 0.206 e. The quantitative estimate of drug-likeness (QED) is 0.218. The van der Waals surface area contributed by atoms with Crippen LogP contribution in [0.1, 0.15) is 5.56 Å². The van der Waals surface area contributed by atoms with Gasteiger partial charge in [-0.05, 0) is 72.8 Å². The van der Waals surface area contributed by atoms with Crippen molar-refractivity contribution < 1.29 is 8.42 Å². The highest BCUT2D eigenvalue weighted by Gasteiger charge is 2.22. The van der Waals surface area contributed by atoms with E-state index in [0.29, 0.717) is 11.2 Å². The van der Waals surface area contributed by atoms with E-state index in [1.807, 2.05) is 65.2 Å². The van der Waals surface area contributed by atoms with E-state index < -0.39 is 9.84 Å². The van der Waals surface area contributed by atoms with E-state index >= 15 is 0 Å². The van der Waals surface area contributed by atoms with Crippen LogP contribution >= 0.6 is 0 Å². The molecule has 0 aliphatic heterocycles. The van der Waals surface area contributed by atoms with E-state index in [1.165, 1.54) is 24.3 Å². The third kappa shape index (κ3) is 3.76. The zero-order chi connectivity index (χ0) is 29.1. The Morgan fingerprint density at radius 2 is 0.977 bits per heavy atom. The molecule has 0 radical (unpaired) electrons. The molecule has 3 aromatic heterocycles. The van der Waals surface area contributed by atoms with Gasteiger partial charge in [-0.25, -0.2) is 18.4 Å².